The van der Waals surface area contributed by atoms with Crippen LogP contribution >= 0.6 is 0 Å². The van der Waals surface area contributed by atoms with Crippen LogP contribution < -0.4 is 16.8 Å². The van der Waals surface area contributed by atoms with E-state index < -0.39 is 6.23 Å². The maximum Gasteiger partial charge on any atom is 0.486 e. The van der Waals surface area contributed by atoms with Crippen LogP contribution in [0.1, 0.15) is 67.3 Å². The second-order valence-corrected chi connectivity index (χ2v) is 7.99. The Hall–Kier alpha value is -2.06. The van der Waals surface area contributed by atoms with E-state index >= 15 is 0 Å². The minimum absolute atomic E-state index is 0.0289. The van der Waals surface area contributed by atoms with Crippen molar-refractivity contribution in [3.05, 3.63) is 35.4 Å². The third-order valence-corrected chi connectivity index (χ3v) is 6.29. The lowest BCUT2D eigenvalue weighted by molar-refractivity contribution is 0.0792. The van der Waals surface area contributed by atoms with Crippen LogP contribution in [0.2, 0.25) is 0 Å². The Bertz CT molecular complexity index is 669. The normalized spacial score (nSPS) is 24.4. The molecule has 0 aliphatic heterocycles. The third-order valence-electron chi connectivity index (χ3n) is 6.29. The molecule has 3 fully saturated rings. The van der Waals surface area contributed by atoms with Crippen LogP contribution in [0.15, 0.2) is 29.3 Å². The smallest absolute Gasteiger partial charge is 0.429 e. The summed E-state index contributed by atoms with van der Waals surface area (Å²) in [5.41, 5.74) is 12.8. The van der Waals surface area contributed by atoms with E-state index in [1.165, 1.54) is 44.1 Å². The van der Waals surface area contributed by atoms with Crippen LogP contribution in [0.5, 0.6) is 0 Å². The average Bonchev–Trinajstić information content (AvgIpc) is 2.72. The molecule has 1 amide bonds. The van der Waals surface area contributed by atoms with Crippen LogP contribution in [-0.4, -0.2) is 37.3 Å². The van der Waals surface area contributed by atoms with Gasteiger partial charge in [0.1, 0.15) is 6.23 Å². The number of carbonyl (C=O) groups excluding carboxylic acids is 1. The summed E-state index contributed by atoms with van der Waals surface area (Å²) < 4.78 is 5.09. The monoisotopic (exact) mass is 385 g/mol. The number of benzene rings is 1. The molecule has 0 aromatic heterocycles. The Kier molecular flexibility index (Phi) is 6.96. The lowest BCUT2D eigenvalue weighted by Gasteiger charge is -2.47. The van der Waals surface area contributed by atoms with Crippen LogP contribution in [0.25, 0.3) is 0 Å². The van der Waals surface area contributed by atoms with Crippen molar-refractivity contribution in [2.75, 3.05) is 6.54 Å². The molecule has 28 heavy (non-hydrogen) atoms. The molecule has 3 saturated carbocycles. The van der Waals surface area contributed by atoms with E-state index in [1.807, 2.05) is 12.1 Å². The quantitative estimate of drug-likeness (QED) is 0.169. The van der Waals surface area contributed by atoms with Crippen molar-refractivity contribution >= 4 is 19.6 Å². The molecule has 3 aliphatic rings. The second kappa shape index (κ2) is 9.43. The first-order valence-electron chi connectivity index (χ1n) is 10.1. The molecule has 4 rings (SSSR count). The van der Waals surface area contributed by atoms with Gasteiger partial charge in [0.2, 0.25) is 0 Å². The molecular weight excluding hydrogens is 355 g/mol. The predicted molar refractivity (Wildman–Crippen MR) is 110 cm³/mol. The highest BCUT2D eigenvalue weighted by molar-refractivity contribution is 6.16. The van der Waals surface area contributed by atoms with Crippen molar-refractivity contribution in [2.24, 2.45) is 22.4 Å². The van der Waals surface area contributed by atoms with Gasteiger partial charge in [0.15, 0.2) is 5.96 Å². The molecule has 0 saturated heterocycles. The van der Waals surface area contributed by atoms with E-state index in [4.69, 9.17) is 21.1 Å². The summed E-state index contributed by atoms with van der Waals surface area (Å²) >= 11 is 0. The highest BCUT2D eigenvalue weighted by Gasteiger charge is 2.41. The Morgan fingerprint density at radius 1 is 1.25 bits per heavy atom. The number of nitrogens with two attached hydrogens (primary N) is 2. The highest BCUT2D eigenvalue weighted by atomic mass is 16.5. The number of nitrogens with one attached hydrogen (secondary N) is 1. The van der Waals surface area contributed by atoms with Crippen LogP contribution in [0.4, 0.5) is 0 Å². The van der Waals surface area contributed by atoms with E-state index in [2.05, 4.69) is 22.4 Å². The molecule has 0 heterocycles. The van der Waals surface area contributed by atoms with Crippen molar-refractivity contribution < 1.29 is 14.5 Å². The van der Waals surface area contributed by atoms with Gasteiger partial charge in [-0.2, -0.15) is 0 Å². The van der Waals surface area contributed by atoms with Gasteiger partial charge in [-0.1, -0.05) is 12.1 Å². The zero-order valence-electron chi connectivity index (χ0n) is 16.3. The van der Waals surface area contributed by atoms with E-state index in [1.54, 1.807) is 0 Å². The van der Waals surface area contributed by atoms with Gasteiger partial charge >= 0.3 is 7.69 Å². The molecule has 1 aromatic carbocycles. The van der Waals surface area contributed by atoms with Gasteiger partial charge in [0.05, 0.1) is 0 Å². The van der Waals surface area contributed by atoms with Crippen LogP contribution in [0.3, 0.4) is 0 Å². The largest absolute Gasteiger partial charge is 0.486 e. The molecule has 0 unspecified atom stereocenters. The van der Waals surface area contributed by atoms with Gasteiger partial charge < -0.3 is 26.5 Å². The van der Waals surface area contributed by atoms with E-state index in [-0.39, 0.29) is 11.9 Å². The molecule has 1 radical (unpaired) electrons. The fraction of sp³-hybridized carbons (Fsp3) is 0.600. The lowest BCUT2D eigenvalue weighted by Crippen LogP contribution is -2.38. The maximum atomic E-state index is 12.6. The minimum Gasteiger partial charge on any atom is -0.429 e. The van der Waals surface area contributed by atoms with Gasteiger partial charge in [0, 0.05) is 12.1 Å². The summed E-state index contributed by atoms with van der Waals surface area (Å²) in [7, 11) is 0.590. The summed E-state index contributed by atoms with van der Waals surface area (Å²) in [6.07, 6.45) is 8.24. The summed E-state index contributed by atoms with van der Waals surface area (Å²) in [5, 5.41) is 11.7. The minimum atomic E-state index is -0.640. The average molecular weight is 385 g/mol. The highest BCUT2D eigenvalue weighted by Crippen LogP contribution is 2.51. The first-order valence-corrected chi connectivity index (χ1v) is 10.1. The molecule has 6 N–H and O–H groups in total. The number of nitrogens with zero attached hydrogens (tertiary/aromatic N) is 1. The van der Waals surface area contributed by atoms with Gasteiger partial charge in [-0.3, -0.25) is 9.79 Å². The molecule has 2 bridgehead atoms. The molecule has 151 valence electrons. The second-order valence-electron chi connectivity index (χ2n) is 7.99. The summed E-state index contributed by atoms with van der Waals surface area (Å²) in [6, 6.07) is 7.99. The standard InChI is InChI=1S/C20H30BN4O3/c22-19(23)24-13-1-2-17(28-21-27)25-18(26)15-3-5-16(6-4-15)20-10-7-14(8-11-20)9-12-20/h3-6,14,17,27H,1-2,7-13H2,(H,25,26)(H4,22,23,24)/t14?,17-,20?/m1/s1. The zero-order chi connectivity index (χ0) is 20.0. The molecular formula is C20H30BN4O3. The van der Waals surface area contributed by atoms with Crippen LogP contribution in [0, 0.1) is 5.92 Å². The molecule has 1 aromatic rings. The van der Waals surface area contributed by atoms with Crippen molar-refractivity contribution in [2.45, 2.75) is 63.0 Å². The summed E-state index contributed by atoms with van der Waals surface area (Å²) in [5.74, 6) is 0.727. The van der Waals surface area contributed by atoms with Gasteiger partial charge in [-0.05, 0) is 80.4 Å². The third kappa shape index (κ3) is 5.05. The van der Waals surface area contributed by atoms with Gasteiger partial charge in [-0.15, -0.1) is 0 Å². The maximum absolute atomic E-state index is 12.6. The number of guanidine groups is 1. The first-order chi connectivity index (χ1) is 13.5. The first kappa shape index (κ1) is 20.7. The number of carbonyl (C=O) groups is 1. The number of aliphatic imine (C=N–C) groups is 1. The topological polar surface area (TPSA) is 123 Å². The number of amides is 1. The molecule has 3 aliphatic carbocycles. The molecule has 1 atom stereocenters. The number of fused-ring (bicyclic) bond motifs is 3. The zero-order valence-corrected chi connectivity index (χ0v) is 16.3. The predicted octanol–water partition coefficient (Wildman–Crippen LogP) is 1.56. The van der Waals surface area contributed by atoms with E-state index in [9.17, 15) is 4.79 Å². The van der Waals surface area contributed by atoms with Crippen molar-refractivity contribution in [1.82, 2.24) is 5.32 Å². The molecule has 7 nitrogen and oxygen atoms in total. The Morgan fingerprint density at radius 2 is 1.89 bits per heavy atom. The van der Waals surface area contributed by atoms with Gasteiger partial charge in [0.25, 0.3) is 5.91 Å². The molecule has 0 spiro atoms. The summed E-state index contributed by atoms with van der Waals surface area (Å²) in [4.78, 5) is 16.5. The summed E-state index contributed by atoms with van der Waals surface area (Å²) in [6.45, 7) is 0.432. The van der Waals surface area contributed by atoms with Crippen molar-refractivity contribution in [3.63, 3.8) is 0 Å². The van der Waals surface area contributed by atoms with E-state index in [0.717, 1.165) is 5.92 Å². The Labute approximate surface area is 167 Å². The van der Waals surface area contributed by atoms with Crippen LogP contribution in [-0.2, 0) is 10.1 Å². The van der Waals surface area contributed by atoms with E-state index in [0.29, 0.717) is 38.0 Å². The number of hydrogen-bond acceptors (Lipinski definition) is 4. The van der Waals surface area contributed by atoms with Crippen molar-refractivity contribution in [1.29, 1.82) is 0 Å². The number of rotatable bonds is 9. The fourth-order valence-electron chi connectivity index (χ4n) is 4.62. The SMILES string of the molecule is NC(N)=NCCC[C@H](NC(=O)c1ccc(C23CCC(CC2)CC3)cc1)O[B]O. The lowest BCUT2D eigenvalue weighted by atomic mass is 9.58. The Morgan fingerprint density at radius 3 is 2.46 bits per heavy atom. The fourth-order valence-corrected chi connectivity index (χ4v) is 4.62. The number of hydrogen-bond donors (Lipinski definition) is 4. The Balaban J connectivity index is 1.57. The van der Waals surface area contributed by atoms with Crippen molar-refractivity contribution in [3.8, 4) is 0 Å². The molecule has 8 heteroatoms. The van der Waals surface area contributed by atoms with Gasteiger partial charge in [-0.25, -0.2) is 0 Å².